The molecule has 0 aliphatic carbocycles. The second-order valence-electron chi connectivity index (χ2n) is 6.51. The van der Waals surface area contributed by atoms with E-state index in [9.17, 15) is 4.79 Å². The van der Waals surface area contributed by atoms with Gasteiger partial charge in [-0.2, -0.15) is 0 Å². The summed E-state index contributed by atoms with van der Waals surface area (Å²) in [4.78, 5) is 16.2. The minimum atomic E-state index is -0.614. The molecule has 9 heteroatoms. The van der Waals surface area contributed by atoms with Crippen LogP contribution in [-0.2, 0) is 4.74 Å². The highest BCUT2D eigenvalue weighted by Crippen LogP contribution is 2.37. The molecule has 2 heterocycles. The summed E-state index contributed by atoms with van der Waals surface area (Å²) in [6.07, 6.45) is 4.22. The predicted molar refractivity (Wildman–Crippen MR) is 97.6 cm³/mol. The Morgan fingerprint density at radius 1 is 1.27 bits per heavy atom. The summed E-state index contributed by atoms with van der Waals surface area (Å²) in [5.74, 6) is 0.431. The number of hydrogen-bond donors (Lipinski definition) is 1. The number of amides is 1. The molecule has 0 saturated carbocycles. The molecular formula is C17H18ClN5O3. The van der Waals surface area contributed by atoms with Crippen LogP contribution in [0.5, 0.6) is 5.75 Å². The number of aromatic nitrogens is 4. The second kappa shape index (κ2) is 6.80. The minimum absolute atomic E-state index is 0.402. The fraction of sp³-hybridized carbons (Fsp3) is 0.294. The number of carbonyl (C=O) groups excluding carboxylic acids is 1. The van der Waals surface area contributed by atoms with Crippen molar-refractivity contribution in [2.24, 2.45) is 0 Å². The summed E-state index contributed by atoms with van der Waals surface area (Å²) in [5, 5.41) is 10.9. The van der Waals surface area contributed by atoms with Crippen molar-refractivity contribution in [1.29, 1.82) is 0 Å². The first-order valence-electron chi connectivity index (χ1n) is 7.80. The Morgan fingerprint density at radius 2 is 2.04 bits per heavy atom. The number of fused-ring (bicyclic) bond motifs is 1. The molecule has 3 rings (SSSR count). The summed E-state index contributed by atoms with van der Waals surface area (Å²) in [6.45, 7) is 5.35. The standard InChI is InChI=1S/C17H18ClN5O3/c1-17(2,3)26-16(24)21-12-6-11(18)10(5-14(12)25-4)13-7-19-8-15-22-20-9-23(13)15/h5-9H,1-4H3,(H,21,24). The van der Waals surface area contributed by atoms with Gasteiger partial charge in [-0.1, -0.05) is 11.6 Å². The average molecular weight is 376 g/mol. The van der Waals surface area contributed by atoms with Crippen molar-refractivity contribution < 1.29 is 14.3 Å². The van der Waals surface area contributed by atoms with Crippen molar-refractivity contribution in [2.75, 3.05) is 12.4 Å². The van der Waals surface area contributed by atoms with Crippen LogP contribution in [0.2, 0.25) is 5.02 Å². The first-order chi connectivity index (χ1) is 12.3. The van der Waals surface area contributed by atoms with Crippen molar-refractivity contribution in [2.45, 2.75) is 26.4 Å². The molecule has 0 fully saturated rings. The molecule has 8 nitrogen and oxygen atoms in total. The molecular weight excluding hydrogens is 358 g/mol. The fourth-order valence-electron chi connectivity index (χ4n) is 2.38. The van der Waals surface area contributed by atoms with E-state index in [0.29, 0.717) is 33.4 Å². The third-order valence-corrected chi connectivity index (χ3v) is 3.73. The van der Waals surface area contributed by atoms with Gasteiger partial charge in [0.15, 0.2) is 5.65 Å². The monoisotopic (exact) mass is 375 g/mol. The lowest BCUT2D eigenvalue weighted by atomic mass is 10.1. The zero-order valence-electron chi connectivity index (χ0n) is 14.8. The number of methoxy groups -OCH3 is 1. The van der Waals surface area contributed by atoms with Crippen molar-refractivity contribution in [3.8, 4) is 17.0 Å². The number of benzene rings is 1. The molecule has 1 amide bonds. The molecule has 0 aliphatic heterocycles. The smallest absolute Gasteiger partial charge is 0.412 e. The van der Waals surface area contributed by atoms with Gasteiger partial charge in [-0.15, -0.1) is 10.2 Å². The highest BCUT2D eigenvalue weighted by Gasteiger charge is 2.19. The van der Waals surface area contributed by atoms with E-state index in [1.165, 1.54) is 7.11 Å². The summed E-state index contributed by atoms with van der Waals surface area (Å²) in [7, 11) is 1.50. The van der Waals surface area contributed by atoms with Gasteiger partial charge in [0.1, 0.15) is 17.7 Å². The molecule has 0 bridgehead atoms. The fourth-order valence-corrected chi connectivity index (χ4v) is 2.64. The van der Waals surface area contributed by atoms with E-state index in [4.69, 9.17) is 21.1 Å². The average Bonchev–Trinajstić information content (AvgIpc) is 3.02. The SMILES string of the molecule is COc1cc(-c2cncc3nncn23)c(Cl)cc1NC(=O)OC(C)(C)C. The third-order valence-electron chi connectivity index (χ3n) is 3.42. The zero-order chi connectivity index (χ0) is 18.9. The van der Waals surface area contributed by atoms with E-state index < -0.39 is 11.7 Å². The lowest BCUT2D eigenvalue weighted by Gasteiger charge is -2.20. The number of halogens is 1. The maximum Gasteiger partial charge on any atom is 0.412 e. The van der Waals surface area contributed by atoms with E-state index >= 15 is 0 Å². The number of carbonyl (C=O) groups is 1. The van der Waals surface area contributed by atoms with Gasteiger partial charge in [0.05, 0.1) is 35.9 Å². The lowest BCUT2D eigenvalue weighted by Crippen LogP contribution is -2.27. The number of nitrogens with zero attached hydrogens (tertiary/aromatic N) is 4. The molecule has 136 valence electrons. The molecule has 0 saturated heterocycles. The highest BCUT2D eigenvalue weighted by molar-refractivity contribution is 6.33. The van der Waals surface area contributed by atoms with Crippen LogP contribution in [0.15, 0.2) is 30.9 Å². The van der Waals surface area contributed by atoms with Gasteiger partial charge in [-0.3, -0.25) is 14.7 Å². The first-order valence-corrected chi connectivity index (χ1v) is 8.18. The quantitative estimate of drug-likeness (QED) is 0.748. The Bertz CT molecular complexity index is 965. The number of rotatable bonds is 3. The van der Waals surface area contributed by atoms with Crippen LogP contribution in [0.4, 0.5) is 10.5 Å². The Kier molecular flexibility index (Phi) is 4.69. The summed E-state index contributed by atoms with van der Waals surface area (Å²) < 4.78 is 12.4. The molecule has 1 aromatic carbocycles. The van der Waals surface area contributed by atoms with Gasteiger partial charge in [0.25, 0.3) is 0 Å². The van der Waals surface area contributed by atoms with Gasteiger partial charge in [-0.25, -0.2) is 4.79 Å². The van der Waals surface area contributed by atoms with Crippen LogP contribution in [0.1, 0.15) is 20.8 Å². The molecule has 2 aromatic heterocycles. The van der Waals surface area contributed by atoms with Crippen LogP contribution < -0.4 is 10.1 Å². The second-order valence-corrected chi connectivity index (χ2v) is 6.92. The van der Waals surface area contributed by atoms with Crippen molar-refractivity contribution in [3.63, 3.8) is 0 Å². The Labute approximate surface area is 155 Å². The Balaban J connectivity index is 2.00. The van der Waals surface area contributed by atoms with Crippen LogP contribution in [0, 0.1) is 0 Å². The van der Waals surface area contributed by atoms with E-state index in [1.807, 2.05) is 0 Å². The van der Waals surface area contributed by atoms with E-state index in [1.54, 1.807) is 56.0 Å². The normalized spacial score (nSPS) is 11.4. The predicted octanol–water partition coefficient (Wildman–Crippen LogP) is 3.80. The minimum Gasteiger partial charge on any atom is -0.495 e. The molecule has 26 heavy (non-hydrogen) atoms. The van der Waals surface area contributed by atoms with Crippen molar-refractivity contribution >= 4 is 29.0 Å². The summed E-state index contributed by atoms with van der Waals surface area (Å²) >= 11 is 6.45. The summed E-state index contributed by atoms with van der Waals surface area (Å²) in [5.41, 5.74) is 1.74. The van der Waals surface area contributed by atoms with E-state index in [0.717, 1.165) is 0 Å². The van der Waals surface area contributed by atoms with Crippen LogP contribution in [0.3, 0.4) is 0 Å². The van der Waals surface area contributed by atoms with Gasteiger partial charge in [0.2, 0.25) is 0 Å². The van der Waals surface area contributed by atoms with E-state index in [2.05, 4.69) is 20.5 Å². The maximum absolute atomic E-state index is 12.0. The van der Waals surface area contributed by atoms with Gasteiger partial charge >= 0.3 is 6.09 Å². The van der Waals surface area contributed by atoms with Crippen molar-refractivity contribution in [1.82, 2.24) is 19.6 Å². The van der Waals surface area contributed by atoms with Gasteiger partial charge < -0.3 is 9.47 Å². The highest BCUT2D eigenvalue weighted by atomic mass is 35.5. The Morgan fingerprint density at radius 3 is 2.73 bits per heavy atom. The maximum atomic E-state index is 12.0. The molecule has 0 radical (unpaired) electrons. The molecule has 3 aromatic rings. The number of anilines is 1. The molecule has 0 atom stereocenters. The van der Waals surface area contributed by atoms with Gasteiger partial charge in [-0.05, 0) is 32.9 Å². The van der Waals surface area contributed by atoms with Crippen LogP contribution in [-0.4, -0.2) is 38.4 Å². The van der Waals surface area contributed by atoms with Crippen molar-refractivity contribution in [3.05, 3.63) is 35.9 Å². The zero-order valence-corrected chi connectivity index (χ0v) is 15.5. The number of hydrogen-bond acceptors (Lipinski definition) is 6. The largest absolute Gasteiger partial charge is 0.495 e. The van der Waals surface area contributed by atoms with Gasteiger partial charge in [0, 0.05) is 5.56 Å². The number of ether oxygens (including phenoxy) is 2. The lowest BCUT2D eigenvalue weighted by molar-refractivity contribution is 0.0635. The van der Waals surface area contributed by atoms with Crippen LogP contribution >= 0.6 is 11.6 Å². The number of nitrogens with one attached hydrogen (secondary N) is 1. The summed E-state index contributed by atoms with van der Waals surface area (Å²) in [6, 6.07) is 3.31. The molecule has 0 aliphatic rings. The molecule has 1 N–H and O–H groups in total. The third kappa shape index (κ3) is 3.70. The Hall–Kier alpha value is -2.87. The first kappa shape index (κ1) is 17.9. The molecule has 0 unspecified atom stereocenters. The van der Waals surface area contributed by atoms with Crippen LogP contribution in [0.25, 0.3) is 16.9 Å². The molecule has 0 spiro atoms. The van der Waals surface area contributed by atoms with E-state index in [-0.39, 0.29) is 0 Å². The topological polar surface area (TPSA) is 90.6 Å².